The molecule has 0 spiro atoms. The van der Waals surface area contributed by atoms with Gasteiger partial charge in [-0.05, 0) is 24.7 Å². The van der Waals surface area contributed by atoms with Crippen LogP contribution in [-0.2, 0) is 6.42 Å². The summed E-state index contributed by atoms with van der Waals surface area (Å²) in [6, 6.07) is 0. The van der Waals surface area contributed by atoms with Gasteiger partial charge < -0.3 is 5.10 Å². The molecule has 5 heteroatoms. The second-order valence-corrected chi connectivity index (χ2v) is 3.99. The Morgan fingerprint density at radius 2 is 2.08 bits per heavy atom. The van der Waals surface area contributed by atoms with E-state index in [1.807, 2.05) is 0 Å². The molecule has 0 radical (unpaired) electrons. The molecule has 1 fully saturated rings. The van der Waals surface area contributed by atoms with E-state index in [1.54, 1.807) is 0 Å². The summed E-state index contributed by atoms with van der Waals surface area (Å²) in [5, 5.41) is 14.7. The van der Waals surface area contributed by atoms with Crippen LogP contribution in [0.3, 0.4) is 0 Å². The van der Waals surface area contributed by atoms with Crippen LogP contribution >= 0.6 is 0 Å². The van der Waals surface area contributed by atoms with Crippen molar-refractivity contribution in [3.05, 3.63) is 5.82 Å². The van der Waals surface area contributed by atoms with Gasteiger partial charge in [-0.3, -0.25) is 10.3 Å². The summed E-state index contributed by atoms with van der Waals surface area (Å²) in [4.78, 5) is 0. The van der Waals surface area contributed by atoms with Gasteiger partial charge in [0, 0.05) is 5.82 Å². The molecule has 0 N–H and O–H groups in total. The van der Waals surface area contributed by atoms with Crippen LogP contribution in [0.5, 0.6) is 0 Å². The molecule has 1 aromatic rings. The predicted octanol–water partition coefficient (Wildman–Crippen LogP) is -2.04. The van der Waals surface area contributed by atoms with E-state index in [1.165, 1.54) is 25.7 Å². The van der Waals surface area contributed by atoms with Gasteiger partial charge in [0.1, 0.15) is 0 Å². The molecule has 4 nitrogen and oxygen atoms in total. The molecule has 1 aliphatic carbocycles. The van der Waals surface area contributed by atoms with Crippen molar-refractivity contribution in [2.24, 2.45) is 5.41 Å². The molecule has 1 aromatic heterocycles. The minimum Gasteiger partial charge on any atom is -0.335 e. The monoisotopic (exact) mass is 188 g/mol. The first kappa shape index (κ1) is 11.1. The molecule has 2 rings (SSSR count). The van der Waals surface area contributed by atoms with E-state index in [-0.39, 0.29) is 29.6 Å². The van der Waals surface area contributed by atoms with Gasteiger partial charge >= 0.3 is 29.6 Å². The molecular formula is C8H13N4Na. The molecule has 0 atom stereocenters. The van der Waals surface area contributed by atoms with E-state index in [2.05, 4.69) is 27.5 Å². The summed E-state index contributed by atoms with van der Waals surface area (Å²) >= 11 is 0. The SMILES string of the molecule is CC1(Cc2nnn[n-]2)CCCC1.[Na+]. The van der Waals surface area contributed by atoms with E-state index in [9.17, 15) is 0 Å². The predicted molar refractivity (Wildman–Crippen MR) is 43.4 cm³/mol. The van der Waals surface area contributed by atoms with Gasteiger partial charge in [0.2, 0.25) is 0 Å². The molecule has 1 heterocycles. The Hall–Kier alpha value is 0.0700. The van der Waals surface area contributed by atoms with Gasteiger partial charge in [-0.25, -0.2) is 0 Å². The number of tetrazole rings is 1. The van der Waals surface area contributed by atoms with E-state index in [0.717, 1.165) is 12.2 Å². The number of hydrogen-bond acceptors (Lipinski definition) is 3. The average molecular weight is 188 g/mol. The Labute approximate surface area is 100 Å². The summed E-state index contributed by atoms with van der Waals surface area (Å²) in [5.74, 6) is 0.805. The maximum atomic E-state index is 3.85. The third kappa shape index (κ3) is 2.76. The quantitative estimate of drug-likeness (QED) is 0.502. The van der Waals surface area contributed by atoms with Crippen molar-refractivity contribution in [3.8, 4) is 0 Å². The molecule has 0 amide bonds. The van der Waals surface area contributed by atoms with Crippen molar-refractivity contribution >= 4 is 0 Å². The molecule has 0 aromatic carbocycles. The Morgan fingerprint density at radius 1 is 1.38 bits per heavy atom. The summed E-state index contributed by atoms with van der Waals surface area (Å²) < 4.78 is 0. The molecule has 1 aliphatic rings. The summed E-state index contributed by atoms with van der Waals surface area (Å²) in [7, 11) is 0. The number of rotatable bonds is 2. The van der Waals surface area contributed by atoms with Crippen LogP contribution in [0.4, 0.5) is 0 Å². The van der Waals surface area contributed by atoms with E-state index >= 15 is 0 Å². The molecule has 1 saturated carbocycles. The summed E-state index contributed by atoms with van der Waals surface area (Å²) in [6.45, 7) is 2.30. The van der Waals surface area contributed by atoms with Gasteiger partial charge in [0.25, 0.3) is 0 Å². The van der Waals surface area contributed by atoms with E-state index in [4.69, 9.17) is 0 Å². The standard InChI is InChI=1S/C8H13N4.Na/c1-8(4-2-3-5-8)6-7-9-11-12-10-7;/h2-6H2,1H3;/q-1;+1. The maximum absolute atomic E-state index is 3.85. The summed E-state index contributed by atoms with van der Waals surface area (Å²) in [6.07, 6.45) is 6.22. The fourth-order valence-electron chi connectivity index (χ4n) is 2.02. The zero-order chi connectivity index (χ0) is 8.44. The molecule has 13 heavy (non-hydrogen) atoms. The first-order valence-corrected chi connectivity index (χ1v) is 4.46. The van der Waals surface area contributed by atoms with E-state index < -0.39 is 0 Å². The van der Waals surface area contributed by atoms with Gasteiger partial charge in [0.15, 0.2) is 0 Å². The minimum absolute atomic E-state index is 0. The van der Waals surface area contributed by atoms with Crippen LogP contribution in [0, 0.1) is 5.41 Å². The minimum atomic E-state index is 0. The van der Waals surface area contributed by atoms with Gasteiger partial charge in [-0.1, -0.05) is 19.8 Å². The van der Waals surface area contributed by atoms with Crippen molar-refractivity contribution < 1.29 is 29.6 Å². The first-order valence-electron chi connectivity index (χ1n) is 4.46. The Kier molecular flexibility index (Phi) is 3.88. The Morgan fingerprint density at radius 3 is 2.62 bits per heavy atom. The molecule has 0 bridgehead atoms. The normalized spacial score (nSPS) is 19.8. The fraction of sp³-hybridized carbons (Fsp3) is 0.875. The molecular weight excluding hydrogens is 175 g/mol. The molecule has 66 valence electrons. The van der Waals surface area contributed by atoms with Crippen molar-refractivity contribution in [2.45, 2.75) is 39.0 Å². The second-order valence-electron chi connectivity index (χ2n) is 3.99. The number of aromatic nitrogens is 4. The molecule has 0 aliphatic heterocycles. The van der Waals surface area contributed by atoms with Crippen molar-refractivity contribution in [1.29, 1.82) is 0 Å². The first-order chi connectivity index (χ1) is 5.79. The zero-order valence-corrected chi connectivity index (χ0v) is 10.3. The van der Waals surface area contributed by atoms with Crippen molar-refractivity contribution in [2.75, 3.05) is 0 Å². The maximum Gasteiger partial charge on any atom is 1.00 e. The molecule has 0 unspecified atom stereocenters. The summed E-state index contributed by atoms with van der Waals surface area (Å²) in [5.41, 5.74) is 0.414. The van der Waals surface area contributed by atoms with Crippen molar-refractivity contribution in [3.63, 3.8) is 0 Å². The molecule has 0 saturated heterocycles. The third-order valence-corrected chi connectivity index (χ3v) is 2.76. The van der Waals surface area contributed by atoms with Crippen molar-refractivity contribution in [1.82, 2.24) is 20.6 Å². The van der Waals surface area contributed by atoms with Gasteiger partial charge in [-0.2, -0.15) is 5.21 Å². The largest absolute Gasteiger partial charge is 1.00 e. The third-order valence-electron chi connectivity index (χ3n) is 2.76. The van der Waals surface area contributed by atoms with Gasteiger partial charge in [0.05, 0.1) is 0 Å². The number of nitrogens with zero attached hydrogens (tertiary/aromatic N) is 4. The van der Waals surface area contributed by atoms with Crippen LogP contribution in [0.2, 0.25) is 0 Å². The smallest absolute Gasteiger partial charge is 0.335 e. The second kappa shape index (κ2) is 4.53. The van der Waals surface area contributed by atoms with E-state index in [0.29, 0.717) is 5.41 Å². The van der Waals surface area contributed by atoms with Crippen LogP contribution < -0.4 is 34.7 Å². The number of hydrogen-bond donors (Lipinski definition) is 0. The average Bonchev–Trinajstić information content (AvgIpc) is 2.62. The fourth-order valence-corrected chi connectivity index (χ4v) is 2.02. The van der Waals surface area contributed by atoms with Crippen LogP contribution in [0.25, 0.3) is 0 Å². The van der Waals surface area contributed by atoms with Crippen LogP contribution in [0.15, 0.2) is 0 Å². The van der Waals surface area contributed by atoms with Crippen LogP contribution in [-0.4, -0.2) is 15.5 Å². The van der Waals surface area contributed by atoms with Crippen LogP contribution in [0.1, 0.15) is 38.4 Å². The Balaban J connectivity index is 0.000000845. The topological polar surface area (TPSA) is 52.8 Å². The Bertz CT molecular complexity index is 241. The van der Waals surface area contributed by atoms with Gasteiger partial charge in [-0.15, -0.1) is 0 Å². The zero-order valence-electron chi connectivity index (χ0n) is 8.32.